The molecule has 0 heterocycles. The highest BCUT2D eigenvalue weighted by atomic mass is 19.1. The van der Waals surface area contributed by atoms with E-state index in [1.54, 1.807) is 12.1 Å². The molecule has 0 aliphatic heterocycles. The number of anilines is 2. The first kappa shape index (κ1) is 14.8. The summed E-state index contributed by atoms with van der Waals surface area (Å²) in [5.74, 6) is -0.710. The highest BCUT2D eigenvalue weighted by Crippen LogP contribution is 2.17. The fraction of sp³-hybridized carbons (Fsp3) is 0.118. The molecule has 0 spiro atoms. The Labute approximate surface area is 123 Å². The molecule has 2 aromatic carbocycles. The summed E-state index contributed by atoms with van der Waals surface area (Å²) in [6.07, 6.45) is 2.99. The first-order chi connectivity index (χ1) is 9.95. The standard InChI is InChI=1S/C17H17FN2O/c1-11-3-4-12(2)16(9-11)20-17(21)8-6-13-5-7-14(18)15(19)10-13/h3-10H,19H2,1-2H3,(H,20,21)/b8-6+. The van der Waals surface area contributed by atoms with Crippen molar-refractivity contribution in [3.63, 3.8) is 0 Å². The van der Waals surface area contributed by atoms with Gasteiger partial charge in [0, 0.05) is 11.8 Å². The molecule has 3 nitrogen and oxygen atoms in total. The van der Waals surface area contributed by atoms with Crippen molar-refractivity contribution in [2.75, 3.05) is 11.1 Å². The number of carbonyl (C=O) groups is 1. The van der Waals surface area contributed by atoms with E-state index in [-0.39, 0.29) is 11.6 Å². The second kappa shape index (κ2) is 6.22. The van der Waals surface area contributed by atoms with Gasteiger partial charge in [0.2, 0.25) is 5.91 Å². The summed E-state index contributed by atoms with van der Waals surface area (Å²) in [6.45, 7) is 3.89. The Hall–Kier alpha value is -2.62. The van der Waals surface area contributed by atoms with E-state index in [4.69, 9.17) is 5.73 Å². The maximum Gasteiger partial charge on any atom is 0.248 e. The molecule has 0 atom stereocenters. The largest absolute Gasteiger partial charge is 0.396 e. The topological polar surface area (TPSA) is 55.1 Å². The first-order valence-corrected chi connectivity index (χ1v) is 6.57. The van der Waals surface area contributed by atoms with Crippen LogP contribution in [0.2, 0.25) is 0 Å². The number of hydrogen-bond donors (Lipinski definition) is 2. The average molecular weight is 284 g/mol. The van der Waals surface area contributed by atoms with Crippen LogP contribution in [-0.4, -0.2) is 5.91 Å². The molecule has 1 amide bonds. The van der Waals surface area contributed by atoms with E-state index >= 15 is 0 Å². The predicted octanol–water partition coefficient (Wildman–Crippen LogP) is 3.68. The number of nitrogen functional groups attached to an aromatic ring is 1. The van der Waals surface area contributed by atoms with Crippen molar-refractivity contribution in [3.8, 4) is 0 Å². The van der Waals surface area contributed by atoms with Crippen molar-refractivity contribution in [2.24, 2.45) is 0 Å². The maximum absolute atomic E-state index is 13.0. The van der Waals surface area contributed by atoms with Gasteiger partial charge in [-0.2, -0.15) is 0 Å². The van der Waals surface area contributed by atoms with Gasteiger partial charge in [-0.05, 0) is 54.8 Å². The van der Waals surface area contributed by atoms with Crippen molar-refractivity contribution in [2.45, 2.75) is 13.8 Å². The summed E-state index contributed by atoms with van der Waals surface area (Å²) in [7, 11) is 0. The second-order valence-corrected chi connectivity index (χ2v) is 4.92. The second-order valence-electron chi connectivity index (χ2n) is 4.92. The molecule has 4 heteroatoms. The minimum Gasteiger partial charge on any atom is -0.396 e. The van der Waals surface area contributed by atoms with Crippen LogP contribution in [0.5, 0.6) is 0 Å². The summed E-state index contributed by atoms with van der Waals surface area (Å²) in [6, 6.07) is 10.2. The van der Waals surface area contributed by atoms with E-state index in [2.05, 4.69) is 5.32 Å². The highest BCUT2D eigenvalue weighted by Gasteiger charge is 2.02. The van der Waals surface area contributed by atoms with Crippen molar-refractivity contribution in [3.05, 3.63) is 65.0 Å². The lowest BCUT2D eigenvalue weighted by Gasteiger charge is -2.07. The molecule has 0 aliphatic carbocycles. The van der Waals surface area contributed by atoms with Crippen LogP contribution in [0.4, 0.5) is 15.8 Å². The zero-order chi connectivity index (χ0) is 15.4. The number of carbonyl (C=O) groups excluding carboxylic acids is 1. The van der Waals surface area contributed by atoms with Crippen LogP contribution in [-0.2, 0) is 4.79 Å². The first-order valence-electron chi connectivity index (χ1n) is 6.57. The van der Waals surface area contributed by atoms with E-state index in [9.17, 15) is 9.18 Å². The SMILES string of the molecule is Cc1ccc(C)c(NC(=O)/C=C/c2ccc(F)c(N)c2)c1. The molecular formula is C17H17FN2O. The molecule has 0 aromatic heterocycles. The normalized spacial score (nSPS) is 10.8. The van der Waals surface area contributed by atoms with Gasteiger partial charge in [-0.25, -0.2) is 4.39 Å². The Balaban J connectivity index is 2.09. The summed E-state index contributed by atoms with van der Waals surface area (Å²) < 4.78 is 13.0. The molecule has 0 bridgehead atoms. The molecule has 0 unspecified atom stereocenters. The van der Waals surface area contributed by atoms with Crippen LogP contribution >= 0.6 is 0 Å². The Bertz CT molecular complexity index is 708. The van der Waals surface area contributed by atoms with Gasteiger partial charge in [0.05, 0.1) is 5.69 Å². The van der Waals surface area contributed by atoms with Crippen molar-refractivity contribution in [1.29, 1.82) is 0 Å². The molecule has 3 N–H and O–H groups in total. The summed E-state index contributed by atoms with van der Waals surface area (Å²) in [4.78, 5) is 11.9. The number of nitrogens with one attached hydrogen (secondary N) is 1. The quantitative estimate of drug-likeness (QED) is 0.667. The Morgan fingerprint density at radius 3 is 2.67 bits per heavy atom. The molecule has 2 rings (SSSR count). The molecule has 0 fully saturated rings. The van der Waals surface area contributed by atoms with Gasteiger partial charge in [-0.15, -0.1) is 0 Å². The van der Waals surface area contributed by atoms with Gasteiger partial charge in [-0.3, -0.25) is 4.79 Å². The van der Waals surface area contributed by atoms with Gasteiger partial charge < -0.3 is 11.1 Å². The van der Waals surface area contributed by atoms with Gasteiger partial charge in [-0.1, -0.05) is 18.2 Å². The zero-order valence-corrected chi connectivity index (χ0v) is 12.0. The third-order valence-electron chi connectivity index (χ3n) is 3.10. The molecular weight excluding hydrogens is 267 g/mol. The van der Waals surface area contributed by atoms with Gasteiger partial charge in [0.25, 0.3) is 0 Å². The lowest BCUT2D eigenvalue weighted by molar-refractivity contribution is -0.111. The molecule has 2 aromatic rings. The number of hydrogen-bond acceptors (Lipinski definition) is 2. The lowest BCUT2D eigenvalue weighted by Crippen LogP contribution is -2.09. The average Bonchev–Trinajstić information content (AvgIpc) is 2.44. The highest BCUT2D eigenvalue weighted by molar-refractivity contribution is 6.02. The number of aryl methyl sites for hydroxylation is 2. The Morgan fingerprint density at radius 1 is 1.19 bits per heavy atom. The minimum absolute atomic E-state index is 0.0621. The number of benzene rings is 2. The van der Waals surface area contributed by atoms with E-state index < -0.39 is 5.82 Å². The zero-order valence-electron chi connectivity index (χ0n) is 12.0. The van der Waals surface area contributed by atoms with Crippen LogP contribution in [0.25, 0.3) is 6.08 Å². The Morgan fingerprint density at radius 2 is 1.95 bits per heavy atom. The van der Waals surface area contributed by atoms with E-state index in [0.29, 0.717) is 5.56 Å². The Kier molecular flexibility index (Phi) is 4.38. The molecule has 0 saturated carbocycles. The lowest BCUT2D eigenvalue weighted by atomic mass is 10.1. The van der Waals surface area contributed by atoms with E-state index in [0.717, 1.165) is 16.8 Å². The fourth-order valence-corrected chi connectivity index (χ4v) is 1.88. The van der Waals surface area contributed by atoms with Crippen LogP contribution in [0.15, 0.2) is 42.5 Å². The van der Waals surface area contributed by atoms with Gasteiger partial charge >= 0.3 is 0 Å². The molecule has 0 aliphatic rings. The molecule has 108 valence electrons. The van der Waals surface area contributed by atoms with Crippen molar-refractivity contribution < 1.29 is 9.18 Å². The van der Waals surface area contributed by atoms with Gasteiger partial charge in [0.15, 0.2) is 0 Å². The monoisotopic (exact) mass is 284 g/mol. The number of amides is 1. The number of halogens is 1. The molecule has 0 saturated heterocycles. The summed E-state index contributed by atoms with van der Waals surface area (Å²) in [5.41, 5.74) is 9.06. The predicted molar refractivity (Wildman–Crippen MR) is 84.4 cm³/mol. The van der Waals surface area contributed by atoms with Gasteiger partial charge in [0.1, 0.15) is 5.82 Å². The third-order valence-corrected chi connectivity index (χ3v) is 3.10. The van der Waals surface area contributed by atoms with Crippen LogP contribution in [0.3, 0.4) is 0 Å². The van der Waals surface area contributed by atoms with Crippen molar-refractivity contribution in [1.82, 2.24) is 0 Å². The molecule has 21 heavy (non-hydrogen) atoms. The fourth-order valence-electron chi connectivity index (χ4n) is 1.88. The molecule has 0 radical (unpaired) electrons. The third kappa shape index (κ3) is 3.92. The smallest absolute Gasteiger partial charge is 0.248 e. The number of nitrogens with two attached hydrogens (primary N) is 1. The van der Waals surface area contributed by atoms with Crippen LogP contribution in [0, 0.1) is 19.7 Å². The minimum atomic E-state index is -0.466. The van der Waals surface area contributed by atoms with Crippen LogP contribution < -0.4 is 11.1 Å². The van der Waals surface area contributed by atoms with Crippen LogP contribution in [0.1, 0.15) is 16.7 Å². The van der Waals surface area contributed by atoms with Crippen molar-refractivity contribution >= 4 is 23.4 Å². The number of rotatable bonds is 3. The summed E-state index contributed by atoms with van der Waals surface area (Å²) in [5, 5.41) is 2.82. The maximum atomic E-state index is 13.0. The van der Waals surface area contributed by atoms with E-state index in [1.165, 1.54) is 18.2 Å². The van der Waals surface area contributed by atoms with E-state index in [1.807, 2.05) is 32.0 Å². The summed E-state index contributed by atoms with van der Waals surface area (Å²) >= 11 is 0.